The quantitative estimate of drug-likeness (QED) is 0.828. The van der Waals surface area contributed by atoms with Crippen molar-refractivity contribution >= 4 is 27.2 Å². The molecule has 0 bridgehead atoms. The molecule has 1 N–H and O–H groups in total. The average Bonchev–Trinajstić information content (AvgIpc) is 2.82. The molecule has 17 heavy (non-hydrogen) atoms. The highest BCUT2D eigenvalue weighted by Gasteiger charge is 2.18. The first-order valence-electron chi connectivity index (χ1n) is 5.57. The Labute approximate surface area is 103 Å². The number of benzene rings is 1. The van der Waals surface area contributed by atoms with E-state index in [4.69, 9.17) is 0 Å². The summed E-state index contributed by atoms with van der Waals surface area (Å²) in [5.41, 5.74) is 0.569. The first-order valence-corrected chi connectivity index (χ1v) is 6.45. The van der Waals surface area contributed by atoms with Crippen LogP contribution in [-0.2, 0) is 0 Å². The second-order valence-corrected chi connectivity index (χ2v) is 4.75. The minimum absolute atomic E-state index is 0.178. The Morgan fingerprint density at radius 1 is 1.47 bits per heavy atom. The largest absolute Gasteiger partial charge is 0.305 e. The lowest BCUT2D eigenvalue weighted by Gasteiger charge is -2.12. The van der Waals surface area contributed by atoms with Gasteiger partial charge in [0.2, 0.25) is 0 Å². The molecule has 2 nitrogen and oxygen atoms in total. The number of alkyl halides is 1. The fraction of sp³-hybridized carbons (Fsp3) is 0.308. The molecule has 1 atom stereocenters. The zero-order valence-corrected chi connectivity index (χ0v) is 10.4. The predicted molar refractivity (Wildman–Crippen MR) is 69.6 cm³/mol. The number of nitrogens with one attached hydrogen (secondary N) is 1. The summed E-state index contributed by atoms with van der Waals surface area (Å²) in [6.07, 6.45) is 0. The topological polar surface area (TPSA) is 29.1 Å². The third-order valence-electron chi connectivity index (χ3n) is 2.66. The van der Waals surface area contributed by atoms with E-state index in [0.717, 1.165) is 10.1 Å². The van der Waals surface area contributed by atoms with Crippen molar-refractivity contribution in [3.05, 3.63) is 35.2 Å². The monoisotopic (exact) mass is 251 g/mol. The molecule has 90 valence electrons. The van der Waals surface area contributed by atoms with Crippen molar-refractivity contribution < 1.29 is 9.18 Å². The van der Waals surface area contributed by atoms with Crippen LogP contribution >= 0.6 is 11.3 Å². The lowest BCUT2D eigenvalue weighted by atomic mass is 10.0. The van der Waals surface area contributed by atoms with Gasteiger partial charge in [0.05, 0.1) is 6.04 Å². The van der Waals surface area contributed by atoms with Crippen molar-refractivity contribution in [2.24, 2.45) is 0 Å². The molecular formula is C13H14FNOS. The van der Waals surface area contributed by atoms with Crippen LogP contribution in [0.2, 0.25) is 0 Å². The van der Waals surface area contributed by atoms with Crippen LogP contribution in [0.25, 0.3) is 10.1 Å². The van der Waals surface area contributed by atoms with E-state index in [-0.39, 0.29) is 5.78 Å². The summed E-state index contributed by atoms with van der Waals surface area (Å²) in [4.78, 5) is 12.0. The lowest BCUT2D eigenvalue weighted by Crippen LogP contribution is -2.38. The number of likely N-dealkylation sites (N-methyl/N-ethyl adjacent to an activating group) is 1. The highest BCUT2D eigenvalue weighted by molar-refractivity contribution is 7.17. The second kappa shape index (κ2) is 5.38. The molecule has 0 aliphatic heterocycles. The van der Waals surface area contributed by atoms with Crippen molar-refractivity contribution in [2.45, 2.75) is 13.0 Å². The van der Waals surface area contributed by atoms with Gasteiger partial charge < -0.3 is 5.32 Å². The standard InChI is InChI=1S/C13H14FNOS/c1-2-15-11(8-14)13(16)10-3-4-12-9(7-10)5-6-17-12/h3-7,11,15H,2,8H2,1H3. The predicted octanol–water partition coefficient (Wildman–Crippen LogP) is 3.03. The molecule has 2 aromatic rings. The Balaban J connectivity index is 2.28. The fourth-order valence-corrected chi connectivity index (χ4v) is 2.56. The number of thiophene rings is 1. The van der Waals surface area contributed by atoms with Crippen LogP contribution in [0.3, 0.4) is 0 Å². The summed E-state index contributed by atoms with van der Waals surface area (Å²) < 4.78 is 13.9. The van der Waals surface area contributed by atoms with Gasteiger partial charge in [0.15, 0.2) is 5.78 Å². The maximum absolute atomic E-state index is 12.8. The van der Waals surface area contributed by atoms with Crippen LogP contribution in [0.1, 0.15) is 17.3 Å². The van der Waals surface area contributed by atoms with Crippen LogP contribution in [0.5, 0.6) is 0 Å². The van der Waals surface area contributed by atoms with E-state index in [1.807, 2.05) is 30.5 Å². The number of hydrogen-bond donors (Lipinski definition) is 1. The first-order chi connectivity index (χ1) is 8.26. The van der Waals surface area contributed by atoms with Gasteiger partial charge in [-0.1, -0.05) is 6.92 Å². The molecule has 0 saturated carbocycles. The molecule has 1 aromatic carbocycles. The summed E-state index contributed by atoms with van der Waals surface area (Å²) in [5, 5.41) is 5.87. The molecule has 2 rings (SSSR count). The maximum atomic E-state index is 12.8. The fourth-order valence-electron chi connectivity index (χ4n) is 1.78. The van der Waals surface area contributed by atoms with Crippen LogP contribution in [-0.4, -0.2) is 25.0 Å². The van der Waals surface area contributed by atoms with Gasteiger partial charge >= 0.3 is 0 Å². The molecule has 0 amide bonds. The Morgan fingerprint density at radius 2 is 2.29 bits per heavy atom. The van der Waals surface area contributed by atoms with E-state index in [9.17, 15) is 9.18 Å². The zero-order chi connectivity index (χ0) is 12.3. The molecule has 0 fully saturated rings. The number of hydrogen-bond acceptors (Lipinski definition) is 3. The number of Topliss-reactive ketones (excluding diaryl/α,β-unsaturated/α-hetero) is 1. The molecule has 0 saturated heterocycles. The Hall–Kier alpha value is -1.26. The van der Waals surface area contributed by atoms with Crippen molar-refractivity contribution in [1.82, 2.24) is 5.32 Å². The van der Waals surface area contributed by atoms with Crippen molar-refractivity contribution in [3.8, 4) is 0 Å². The molecule has 1 heterocycles. The van der Waals surface area contributed by atoms with Gasteiger partial charge in [-0.25, -0.2) is 4.39 Å². The third kappa shape index (κ3) is 2.53. The number of rotatable bonds is 5. The highest BCUT2D eigenvalue weighted by atomic mass is 32.1. The van der Waals surface area contributed by atoms with Gasteiger partial charge in [0.25, 0.3) is 0 Å². The minimum atomic E-state index is -0.726. The molecule has 4 heteroatoms. The molecule has 0 radical (unpaired) electrons. The average molecular weight is 251 g/mol. The molecule has 0 aliphatic carbocycles. The van der Waals surface area contributed by atoms with Gasteiger partial charge in [-0.05, 0) is 41.6 Å². The lowest BCUT2D eigenvalue weighted by molar-refractivity contribution is 0.0929. The molecule has 1 unspecified atom stereocenters. The SMILES string of the molecule is CCNC(CF)C(=O)c1ccc2sccc2c1. The summed E-state index contributed by atoms with van der Waals surface area (Å²) in [7, 11) is 0. The van der Waals surface area contributed by atoms with E-state index >= 15 is 0 Å². The molecule has 1 aromatic heterocycles. The number of ketones is 1. The van der Waals surface area contributed by atoms with Crippen LogP contribution < -0.4 is 5.32 Å². The van der Waals surface area contributed by atoms with Crippen molar-refractivity contribution in [3.63, 3.8) is 0 Å². The van der Waals surface area contributed by atoms with Gasteiger partial charge in [0.1, 0.15) is 6.67 Å². The number of halogens is 1. The minimum Gasteiger partial charge on any atom is -0.305 e. The van der Waals surface area contributed by atoms with E-state index < -0.39 is 12.7 Å². The van der Waals surface area contributed by atoms with Gasteiger partial charge in [-0.2, -0.15) is 0 Å². The zero-order valence-electron chi connectivity index (χ0n) is 9.57. The summed E-state index contributed by atoms with van der Waals surface area (Å²) >= 11 is 1.63. The van der Waals surface area contributed by atoms with Crippen LogP contribution in [0.15, 0.2) is 29.6 Å². The Bertz CT molecular complexity index is 523. The summed E-state index contributed by atoms with van der Waals surface area (Å²) in [5.74, 6) is -0.178. The second-order valence-electron chi connectivity index (χ2n) is 3.80. The number of carbonyl (C=O) groups is 1. The van der Waals surface area contributed by atoms with E-state index in [2.05, 4.69) is 5.32 Å². The van der Waals surface area contributed by atoms with Gasteiger partial charge in [-0.15, -0.1) is 11.3 Å². The third-order valence-corrected chi connectivity index (χ3v) is 3.56. The number of carbonyl (C=O) groups excluding carboxylic acids is 1. The van der Waals surface area contributed by atoms with E-state index in [1.165, 1.54) is 0 Å². The van der Waals surface area contributed by atoms with Crippen molar-refractivity contribution in [1.29, 1.82) is 0 Å². The van der Waals surface area contributed by atoms with Crippen molar-refractivity contribution in [2.75, 3.05) is 13.2 Å². The maximum Gasteiger partial charge on any atom is 0.182 e. The normalized spacial score (nSPS) is 12.8. The Morgan fingerprint density at radius 3 is 3.00 bits per heavy atom. The molecular weight excluding hydrogens is 237 g/mol. The number of fused-ring (bicyclic) bond motifs is 1. The summed E-state index contributed by atoms with van der Waals surface area (Å²) in [6, 6.07) is 6.74. The van der Waals surface area contributed by atoms with E-state index in [0.29, 0.717) is 12.1 Å². The van der Waals surface area contributed by atoms with Gasteiger partial charge in [-0.3, -0.25) is 4.79 Å². The molecule has 0 spiro atoms. The summed E-state index contributed by atoms with van der Waals surface area (Å²) in [6.45, 7) is 1.77. The molecule has 0 aliphatic rings. The van der Waals surface area contributed by atoms with Crippen LogP contribution in [0, 0.1) is 0 Å². The van der Waals surface area contributed by atoms with Gasteiger partial charge in [0, 0.05) is 10.3 Å². The highest BCUT2D eigenvalue weighted by Crippen LogP contribution is 2.22. The van der Waals surface area contributed by atoms with Crippen LogP contribution in [0.4, 0.5) is 4.39 Å². The Kier molecular flexibility index (Phi) is 3.86. The smallest absolute Gasteiger partial charge is 0.182 e. The first kappa shape index (κ1) is 12.2. The van der Waals surface area contributed by atoms with E-state index in [1.54, 1.807) is 17.4 Å².